The normalized spacial score (nSPS) is 31.1. The molecule has 0 amide bonds. The zero-order valence-electron chi connectivity index (χ0n) is 16.2. The van der Waals surface area contributed by atoms with Crippen molar-refractivity contribution in [3.8, 4) is 28.6 Å². The van der Waals surface area contributed by atoms with E-state index in [1.165, 1.54) is 38.5 Å². The molecular formula is C21H26N2O4. The van der Waals surface area contributed by atoms with Crippen LogP contribution in [0, 0.1) is 17.8 Å². The van der Waals surface area contributed by atoms with E-state index in [9.17, 15) is 0 Å². The van der Waals surface area contributed by atoms with Crippen molar-refractivity contribution in [1.29, 1.82) is 0 Å². The van der Waals surface area contributed by atoms with Crippen molar-refractivity contribution in [1.82, 2.24) is 10.1 Å². The third kappa shape index (κ3) is 2.60. The van der Waals surface area contributed by atoms with Crippen LogP contribution in [0.2, 0.25) is 0 Å². The summed E-state index contributed by atoms with van der Waals surface area (Å²) in [7, 11) is 4.82. The smallest absolute Gasteiger partial charge is 0.233 e. The molecule has 4 saturated carbocycles. The van der Waals surface area contributed by atoms with Gasteiger partial charge in [-0.15, -0.1) is 0 Å². The second-order valence-electron chi connectivity index (χ2n) is 8.54. The van der Waals surface area contributed by atoms with Gasteiger partial charge in [-0.3, -0.25) is 0 Å². The van der Waals surface area contributed by atoms with E-state index in [2.05, 4.69) is 5.16 Å². The average Bonchev–Trinajstić information content (AvgIpc) is 3.17. The molecule has 0 saturated heterocycles. The number of ether oxygens (including phenoxy) is 3. The molecule has 0 radical (unpaired) electrons. The van der Waals surface area contributed by atoms with Crippen LogP contribution in [0.3, 0.4) is 0 Å². The monoisotopic (exact) mass is 370 g/mol. The highest BCUT2D eigenvalue weighted by atomic mass is 16.5. The molecule has 0 spiro atoms. The Morgan fingerprint density at radius 2 is 1.44 bits per heavy atom. The first-order valence-electron chi connectivity index (χ1n) is 9.78. The number of hydrogen-bond donors (Lipinski definition) is 0. The van der Waals surface area contributed by atoms with Crippen molar-refractivity contribution in [2.75, 3.05) is 21.3 Å². The highest BCUT2D eigenvalue weighted by molar-refractivity contribution is 5.66. The van der Waals surface area contributed by atoms with Crippen LogP contribution in [0.1, 0.15) is 44.4 Å². The van der Waals surface area contributed by atoms with E-state index in [0.717, 1.165) is 29.2 Å². The Hall–Kier alpha value is -2.24. The Balaban J connectivity index is 1.51. The minimum atomic E-state index is 0.0979. The molecule has 0 N–H and O–H groups in total. The molecule has 0 aliphatic heterocycles. The largest absolute Gasteiger partial charge is 0.493 e. The molecule has 4 bridgehead atoms. The van der Waals surface area contributed by atoms with Gasteiger partial charge in [0.15, 0.2) is 11.5 Å². The molecule has 144 valence electrons. The Morgan fingerprint density at radius 1 is 0.889 bits per heavy atom. The summed E-state index contributed by atoms with van der Waals surface area (Å²) in [6.07, 6.45) is 7.80. The quantitative estimate of drug-likeness (QED) is 0.785. The Labute approximate surface area is 159 Å². The lowest BCUT2D eigenvalue weighted by Crippen LogP contribution is -2.48. The summed E-state index contributed by atoms with van der Waals surface area (Å²) in [5.74, 6) is 5.67. The van der Waals surface area contributed by atoms with E-state index >= 15 is 0 Å². The molecule has 4 aliphatic rings. The molecule has 6 nitrogen and oxygen atoms in total. The predicted molar refractivity (Wildman–Crippen MR) is 99.2 cm³/mol. The van der Waals surface area contributed by atoms with Crippen molar-refractivity contribution in [2.24, 2.45) is 17.8 Å². The Kier molecular flexibility index (Phi) is 3.85. The standard InChI is InChI=1S/C21H26N2O4/c1-24-16-7-15(8-17(25-2)18(16)26-3)19-22-20(27-23-19)21-9-12-4-13(10-21)6-14(5-12)11-21/h7-8,12-14H,4-6,9-11H2,1-3H3. The number of methoxy groups -OCH3 is 3. The van der Waals surface area contributed by atoms with Gasteiger partial charge in [0.2, 0.25) is 17.5 Å². The number of nitrogens with zero attached hydrogens (tertiary/aromatic N) is 2. The van der Waals surface area contributed by atoms with Gasteiger partial charge in [-0.25, -0.2) is 0 Å². The molecule has 27 heavy (non-hydrogen) atoms. The molecular weight excluding hydrogens is 344 g/mol. The highest BCUT2D eigenvalue weighted by Gasteiger charge is 2.54. The molecule has 2 aromatic rings. The van der Waals surface area contributed by atoms with E-state index in [1.807, 2.05) is 12.1 Å². The molecule has 6 rings (SSSR count). The van der Waals surface area contributed by atoms with Crippen LogP contribution in [0.5, 0.6) is 17.2 Å². The van der Waals surface area contributed by atoms with E-state index in [1.54, 1.807) is 21.3 Å². The van der Waals surface area contributed by atoms with Crippen molar-refractivity contribution in [3.05, 3.63) is 18.0 Å². The minimum absolute atomic E-state index is 0.0979. The zero-order chi connectivity index (χ0) is 18.6. The second kappa shape index (κ2) is 6.14. The third-order valence-electron chi connectivity index (χ3n) is 6.84. The first kappa shape index (κ1) is 16.9. The molecule has 6 heteroatoms. The summed E-state index contributed by atoms with van der Waals surface area (Å²) in [4.78, 5) is 4.85. The molecule has 1 heterocycles. The van der Waals surface area contributed by atoms with Crippen LogP contribution in [-0.2, 0) is 5.41 Å². The fourth-order valence-electron chi connectivity index (χ4n) is 6.14. The van der Waals surface area contributed by atoms with Crippen LogP contribution in [-0.4, -0.2) is 31.5 Å². The maximum atomic E-state index is 5.83. The summed E-state index contributed by atoms with van der Waals surface area (Å²) in [5, 5.41) is 4.31. The number of hydrogen-bond acceptors (Lipinski definition) is 6. The maximum Gasteiger partial charge on any atom is 0.233 e. The van der Waals surface area contributed by atoms with E-state index in [4.69, 9.17) is 23.7 Å². The zero-order valence-corrected chi connectivity index (χ0v) is 16.2. The van der Waals surface area contributed by atoms with Crippen LogP contribution >= 0.6 is 0 Å². The van der Waals surface area contributed by atoms with Crippen molar-refractivity contribution in [2.45, 2.75) is 43.9 Å². The Bertz CT molecular complexity index is 799. The van der Waals surface area contributed by atoms with Gasteiger partial charge in [-0.1, -0.05) is 5.16 Å². The summed E-state index contributed by atoms with van der Waals surface area (Å²) >= 11 is 0. The molecule has 0 unspecified atom stereocenters. The fourth-order valence-corrected chi connectivity index (χ4v) is 6.14. The lowest BCUT2D eigenvalue weighted by molar-refractivity contribution is -0.0201. The van der Waals surface area contributed by atoms with Crippen LogP contribution in [0.25, 0.3) is 11.4 Å². The average molecular weight is 370 g/mol. The number of rotatable bonds is 5. The van der Waals surface area contributed by atoms with Gasteiger partial charge in [-0.2, -0.15) is 4.98 Å². The van der Waals surface area contributed by atoms with Gasteiger partial charge in [0.25, 0.3) is 0 Å². The van der Waals surface area contributed by atoms with Gasteiger partial charge >= 0.3 is 0 Å². The van der Waals surface area contributed by atoms with Crippen molar-refractivity contribution < 1.29 is 18.7 Å². The van der Waals surface area contributed by atoms with Gasteiger partial charge in [0.1, 0.15) is 0 Å². The molecule has 0 atom stereocenters. The fraction of sp³-hybridized carbons (Fsp3) is 0.619. The highest BCUT2D eigenvalue weighted by Crippen LogP contribution is 2.60. The van der Waals surface area contributed by atoms with E-state index in [-0.39, 0.29) is 5.41 Å². The predicted octanol–water partition coefficient (Wildman–Crippen LogP) is 4.23. The lowest BCUT2D eigenvalue weighted by Gasteiger charge is -2.55. The maximum absolute atomic E-state index is 5.83. The topological polar surface area (TPSA) is 66.6 Å². The summed E-state index contributed by atoms with van der Waals surface area (Å²) in [5.41, 5.74) is 0.907. The van der Waals surface area contributed by atoms with Crippen molar-refractivity contribution >= 4 is 0 Å². The first-order valence-corrected chi connectivity index (χ1v) is 9.78. The lowest BCUT2D eigenvalue weighted by atomic mass is 9.49. The van der Waals surface area contributed by atoms with Crippen LogP contribution in [0.4, 0.5) is 0 Å². The van der Waals surface area contributed by atoms with Crippen LogP contribution < -0.4 is 14.2 Å². The van der Waals surface area contributed by atoms with Crippen LogP contribution in [0.15, 0.2) is 16.7 Å². The van der Waals surface area contributed by atoms with Gasteiger partial charge in [-0.05, 0) is 68.4 Å². The minimum Gasteiger partial charge on any atom is -0.493 e. The molecule has 4 fully saturated rings. The summed E-state index contributed by atoms with van der Waals surface area (Å²) < 4.78 is 22.2. The Morgan fingerprint density at radius 3 is 1.93 bits per heavy atom. The van der Waals surface area contributed by atoms with E-state index in [0.29, 0.717) is 23.1 Å². The summed E-state index contributed by atoms with van der Waals surface area (Å²) in [6, 6.07) is 3.74. The SMILES string of the molecule is COc1cc(-c2noc(C34CC5CC(CC(C5)C3)C4)n2)cc(OC)c1OC. The van der Waals surface area contributed by atoms with Gasteiger partial charge in [0.05, 0.1) is 26.7 Å². The first-order chi connectivity index (χ1) is 13.1. The second-order valence-corrected chi connectivity index (χ2v) is 8.54. The number of benzene rings is 1. The van der Waals surface area contributed by atoms with Crippen molar-refractivity contribution in [3.63, 3.8) is 0 Å². The van der Waals surface area contributed by atoms with E-state index < -0.39 is 0 Å². The van der Waals surface area contributed by atoms with Gasteiger partial charge in [0, 0.05) is 5.56 Å². The molecule has 1 aromatic carbocycles. The van der Waals surface area contributed by atoms with Gasteiger partial charge < -0.3 is 18.7 Å². The molecule has 1 aromatic heterocycles. The molecule has 4 aliphatic carbocycles. The summed E-state index contributed by atoms with van der Waals surface area (Å²) in [6.45, 7) is 0. The third-order valence-corrected chi connectivity index (χ3v) is 6.84. The number of aromatic nitrogens is 2.